The summed E-state index contributed by atoms with van der Waals surface area (Å²) in [5.41, 5.74) is 3.02. The van der Waals surface area contributed by atoms with Crippen LogP contribution in [0.2, 0.25) is 0 Å². The summed E-state index contributed by atoms with van der Waals surface area (Å²) in [4.78, 5) is 11.6. The molecule has 0 atom stereocenters. The number of fused-ring (bicyclic) bond motifs is 1. The van der Waals surface area contributed by atoms with E-state index in [1.54, 1.807) is 0 Å². The maximum absolute atomic E-state index is 11.6. The summed E-state index contributed by atoms with van der Waals surface area (Å²) in [6, 6.07) is 13.9. The molecule has 1 N–H and O–H groups in total. The summed E-state index contributed by atoms with van der Waals surface area (Å²) in [6.07, 6.45) is 1.28. The third kappa shape index (κ3) is 2.85. The van der Waals surface area contributed by atoms with Gasteiger partial charge in [-0.3, -0.25) is 4.79 Å². The fourth-order valence-electron chi connectivity index (χ4n) is 2.27. The summed E-state index contributed by atoms with van der Waals surface area (Å²) >= 11 is 3.49. The topological polar surface area (TPSA) is 38.3 Å². The van der Waals surface area contributed by atoms with Crippen LogP contribution in [0.15, 0.2) is 46.9 Å². The molecule has 0 aliphatic carbocycles. The Balaban J connectivity index is 1.85. The van der Waals surface area contributed by atoms with Crippen molar-refractivity contribution in [2.75, 3.05) is 5.32 Å². The second kappa shape index (κ2) is 5.67. The van der Waals surface area contributed by atoms with Crippen molar-refractivity contribution in [3.63, 3.8) is 0 Å². The van der Waals surface area contributed by atoms with Gasteiger partial charge < -0.3 is 10.1 Å². The van der Waals surface area contributed by atoms with Gasteiger partial charge in [-0.25, -0.2) is 0 Å². The fraction of sp³-hybridized carbons (Fsp3) is 0.188. The van der Waals surface area contributed by atoms with Crippen molar-refractivity contribution in [2.45, 2.75) is 19.4 Å². The monoisotopic (exact) mass is 331 g/mol. The molecule has 1 aliphatic heterocycles. The van der Waals surface area contributed by atoms with Crippen LogP contribution < -0.4 is 10.1 Å². The lowest BCUT2D eigenvalue weighted by molar-refractivity contribution is -0.116. The van der Waals surface area contributed by atoms with Gasteiger partial charge >= 0.3 is 0 Å². The van der Waals surface area contributed by atoms with Gasteiger partial charge in [-0.1, -0.05) is 46.3 Å². The molecule has 0 bridgehead atoms. The minimum atomic E-state index is 0.0457. The van der Waals surface area contributed by atoms with E-state index in [0.29, 0.717) is 18.8 Å². The van der Waals surface area contributed by atoms with Crippen LogP contribution in [-0.4, -0.2) is 5.91 Å². The molecule has 0 spiro atoms. The molecule has 0 fully saturated rings. The smallest absolute Gasteiger partial charge is 0.224 e. The van der Waals surface area contributed by atoms with Crippen LogP contribution in [0.1, 0.15) is 17.5 Å². The van der Waals surface area contributed by atoms with Gasteiger partial charge in [-0.15, -0.1) is 0 Å². The van der Waals surface area contributed by atoms with Crippen LogP contribution in [-0.2, 0) is 17.8 Å². The van der Waals surface area contributed by atoms with E-state index < -0.39 is 0 Å². The fourth-order valence-corrected chi connectivity index (χ4v) is 2.76. The van der Waals surface area contributed by atoms with Crippen LogP contribution in [0.4, 0.5) is 5.69 Å². The molecular formula is C16H14BrNO2. The number of anilines is 1. The lowest BCUT2D eigenvalue weighted by Crippen LogP contribution is -2.19. The molecule has 0 unspecified atom stereocenters. The number of halogens is 1. The number of ether oxygens (including phenoxy) is 1. The Kier molecular flexibility index (Phi) is 3.74. The van der Waals surface area contributed by atoms with E-state index in [2.05, 4.69) is 21.2 Å². The van der Waals surface area contributed by atoms with Crippen LogP contribution in [0.25, 0.3) is 0 Å². The number of carbonyl (C=O) groups excluding carboxylic acids is 1. The highest BCUT2D eigenvalue weighted by Gasteiger charge is 2.19. The maximum atomic E-state index is 11.6. The molecular weight excluding hydrogens is 318 g/mol. The largest absolute Gasteiger partial charge is 0.487 e. The summed E-state index contributed by atoms with van der Waals surface area (Å²) in [6.45, 7) is 0.486. The summed E-state index contributed by atoms with van der Waals surface area (Å²) in [7, 11) is 0. The van der Waals surface area contributed by atoms with E-state index in [-0.39, 0.29) is 5.91 Å². The first-order valence-corrected chi connectivity index (χ1v) is 7.30. The standard InChI is InChI=1S/C16H14BrNO2/c17-13-8-12-6-7-15(19)18-16(12)14(9-13)20-10-11-4-2-1-3-5-11/h1-5,8-9H,6-7,10H2,(H,18,19). The van der Waals surface area contributed by atoms with E-state index >= 15 is 0 Å². The average Bonchev–Trinajstić information content (AvgIpc) is 2.46. The van der Waals surface area contributed by atoms with E-state index in [0.717, 1.165) is 27.7 Å². The molecule has 0 saturated heterocycles. The van der Waals surface area contributed by atoms with Gasteiger partial charge in [0.15, 0.2) is 0 Å². The van der Waals surface area contributed by atoms with Crippen LogP contribution in [0.3, 0.4) is 0 Å². The second-order valence-electron chi connectivity index (χ2n) is 4.76. The molecule has 3 nitrogen and oxygen atoms in total. The van der Waals surface area contributed by atoms with E-state index in [1.165, 1.54) is 0 Å². The number of amides is 1. The average molecular weight is 332 g/mol. The normalized spacial score (nSPS) is 13.6. The zero-order valence-electron chi connectivity index (χ0n) is 10.9. The Bertz CT molecular complexity index is 640. The zero-order valence-corrected chi connectivity index (χ0v) is 12.4. The third-order valence-electron chi connectivity index (χ3n) is 3.27. The van der Waals surface area contributed by atoms with Crippen molar-refractivity contribution in [1.82, 2.24) is 0 Å². The van der Waals surface area contributed by atoms with Crippen molar-refractivity contribution >= 4 is 27.5 Å². The highest BCUT2D eigenvalue weighted by molar-refractivity contribution is 9.10. The number of hydrogen-bond acceptors (Lipinski definition) is 2. The molecule has 2 aromatic carbocycles. The minimum Gasteiger partial charge on any atom is -0.487 e. The molecule has 102 valence electrons. The van der Waals surface area contributed by atoms with Gasteiger partial charge in [0.05, 0.1) is 5.69 Å². The van der Waals surface area contributed by atoms with Crippen molar-refractivity contribution in [2.24, 2.45) is 0 Å². The molecule has 1 heterocycles. The predicted molar refractivity (Wildman–Crippen MR) is 81.9 cm³/mol. The molecule has 3 rings (SSSR count). The van der Waals surface area contributed by atoms with Crippen molar-refractivity contribution in [3.8, 4) is 5.75 Å². The van der Waals surface area contributed by atoms with E-state index in [1.807, 2.05) is 42.5 Å². The first-order valence-electron chi connectivity index (χ1n) is 6.51. The van der Waals surface area contributed by atoms with Crippen LogP contribution >= 0.6 is 15.9 Å². The third-order valence-corrected chi connectivity index (χ3v) is 3.73. The van der Waals surface area contributed by atoms with Crippen molar-refractivity contribution in [3.05, 3.63) is 58.1 Å². The van der Waals surface area contributed by atoms with Gasteiger partial charge in [0.2, 0.25) is 5.91 Å². The van der Waals surface area contributed by atoms with Crippen molar-refractivity contribution < 1.29 is 9.53 Å². The zero-order chi connectivity index (χ0) is 13.9. The van der Waals surface area contributed by atoms with Gasteiger partial charge in [0.25, 0.3) is 0 Å². The lowest BCUT2D eigenvalue weighted by atomic mass is 10.0. The maximum Gasteiger partial charge on any atom is 0.224 e. The number of nitrogens with one attached hydrogen (secondary N) is 1. The van der Waals surface area contributed by atoms with Gasteiger partial charge in [0, 0.05) is 10.9 Å². The number of benzene rings is 2. The Morgan fingerprint density at radius 1 is 1.15 bits per heavy atom. The molecule has 0 radical (unpaired) electrons. The number of rotatable bonds is 3. The Hall–Kier alpha value is -1.81. The highest BCUT2D eigenvalue weighted by atomic mass is 79.9. The summed E-state index contributed by atoms with van der Waals surface area (Å²) < 4.78 is 6.84. The molecule has 4 heteroatoms. The molecule has 20 heavy (non-hydrogen) atoms. The number of hydrogen-bond donors (Lipinski definition) is 1. The minimum absolute atomic E-state index is 0.0457. The first kappa shape index (κ1) is 13.2. The molecule has 2 aromatic rings. The quantitative estimate of drug-likeness (QED) is 0.925. The Labute approximate surface area is 126 Å². The first-order chi connectivity index (χ1) is 9.72. The Morgan fingerprint density at radius 3 is 2.75 bits per heavy atom. The second-order valence-corrected chi connectivity index (χ2v) is 5.68. The molecule has 0 saturated carbocycles. The molecule has 1 aliphatic rings. The lowest BCUT2D eigenvalue weighted by Gasteiger charge is -2.21. The predicted octanol–water partition coefficient (Wildman–Crippen LogP) is 3.91. The Morgan fingerprint density at radius 2 is 1.95 bits per heavy atom. The number of carbonyl (C=O) groups is 1. The SMILES string of the molecule is O=C1CCc2cc(Br)cc(OCc3ccccc3)c2N1. The molecule has 0 aromatic heterocycles. The van der Waals surface area contributed by atoms with E-state index in [4.69, 9.17) is 4.74 Å². The summed E-state index contributed by atoms with van der Waals surface area (Å²) in [5.74, 6) is 0.760. The van der Waals surface area contributed by atoms with Gasteiger partial charge in [-0.2, -0.15) is 0 Å². The van der Waals surface area contributed by atoms with Crippen molar-refractivity contribution in [1.29, 1.82) is 0 Å². The molecule has 1 amide bonds. The summed E-state index contributed by atoms with van der Waals surface area (Å²) in [5, 5.41) is 2.91. The highest BCUT2D eigenvalue weighted by Crippen LogP contribution is 2.36. The number of aryl methyl sites for hydroxylation is 1. The van der Waals surface area contributed by atoms with Gasteiger partial charge in [0.1, 0.15) is 12.4 Å². The van der Waals surface area contributed by atoms with E-state index in [9.17, 15) is 4.79 Å². The van der Waals surface area contributed by atoms with Crippen LogP contribution in [0.5, 0.6) is 5.75 Å². The van der Waals surface area contributed by atoms with Gasteiger partial charge in [-0.05, 0) is 29.7 Å². The van der Waals surface area contributed by atoms with Crippen LogP contribution in [0, 0.1) is 0 Å².